The van der Waals surface area contributed by atoms with Crippen LogP contribution in [0.2, 0.25) is 5.02 Å². The number of hydrogen-bond acceptors (Lipinski definition) is 3. The maximum atomic E-state index is 11.5. The zero-order valence-electron chi connectivity index (χ0n) is 10.9. The molecule has 104 valence electrons. The van der Waals surface area contributed by atoms with E-state index in [1.165, 1.54) is 0 Å². The smallest absolute Gasteiger partial charge is 0.277 e. The van der Waals surface area contributed by atoms with E-state index in [1.54, 1.807) is 30.5 Å². The molecule has 2 rings (SSSR count). The molecule has 20 heavy (non-hydrogen) atoms. The molecule has 0 fully saturated rings. The minimum absolute atomic E-state index is 0.145. The van der Waals surface area contributed by atoms with Crippen molar-refractivity contribution in [3.05, 3.63) is 53.3 Å². The summed E-state index contributed by atoms with van der Waals surface area (Å²) in [4.78, 5) is 11.5. The number of amides is 1. The number of nitrogens with zero attached hydrogens (tertiary/aromatic N) is 2. The van der Waals surface area contributed by atoms with E-state index in [4.69, 9.17) is 16.3 Å². The van der Waals surface area contributed by atoms with E-state index in [0.717, 1.165) is 5.69 Å². The highest BCUT2D eigenvalue weighted by molar-refractivity contribution is 6.32. The van der Waals surface area contributed by atoms with E-state index in [-0.39, 0.29) is 12.5 Å². The minimum Gasteiger partial charge on any atom is -0.482 e. The summed E-state index contributed by atoms with van der Waals surface area (Å²) in [7, 11) is 1.89. The monoisotopic (exact) mass is 291 g/mol. The van der Waals surface area contributed by atoms with Crippen LogP contribution in [0.15, 0.2) is 47.7 Å². The molecule has 0 spiro atoms. The summed E-state index contributed by atoms with van der Waals surface area (Å²) in [6.07, 6.45) is 3.46. The second-order valence-electron chi connectivity index (χ2n) is 4.06. The molecule has 2 aromatic rings. The Morgan fingerprint density at radius 2 is 2.20 bits per heavy atom. The number of hydrogen-bond donors (Lipinski definition) is 1. The SMILES string of the molecule is Cn1cccc1C=NNC(=O)COc1ccccc1Cl. The molecule has 0 aliphatic rings. The molecule has 1 aromatic heterocycles. The van der Waals surface area contributed by atoms with E-state index in [2.05, 4.69) is 10.5 Å². The van der Waals surface area contributed by atoms with Crippen molar-refractivity contribution in [2.24, 2.45) is 12.1 Å². The summed E-state index contributed by atoms with van der Waals surface area (Å²) in [6, 6.07) is 10.7. The predicted molar refractivity (Wildman–Crippen MR) is 78.1 cm³/mol. The van der Waals surface area contributed by atoms with Crippen LogP contribution in [0.4, 0.5) is 0 Å². The van der Waals surface area contributed by atoms with Crippen LogP contribution in [0.5, 0.6) is 5.75 Å². The van der Waals surface area contributed by atoms with Crippen molar-refractivity contribution in [3.8, 4) is 5.75 Å². The van der Waals surface area contributed by atoms with Gasteiger partial charge in [-0.1, -0.05) is 23.7 Å². The normalized spacial score (nSPS) is 10.7. The Labute approximate surface area is 121 Å². The lowest BCUT2D eigenvalue weighted by Gasteiger charge is -2.06. The fourth-order valence-corrected chi connectivity index (χ4v) is 1.71. The van der Waals surface area contributed by atoms with Gasteiger partial charge in [0.05, 0.1) is 16.9 Å². The zero-order chi connectivity index (χ0) is 14.4. The van der Waals surface area contributed by atoms with Gasteiger partial charge in [0.2, 0.25) is 0 Å². The number of hydrazone groups is 1. The molecule has 0 aliphatic heterocycles. The molecular formula is C14H14ClN3O2. The Bertz CT molecular complexity index is 622. The standard InChI is InChI=1S/C14H14ClN3O2/c1-18-8-4-5-11(18)9-16-17-14(19)10-20-13-7-3-2-6-12(13)15/h2-9H,10H2,1H3,(H,17,19). The number of carbonyl (C=O) groups excluding carboxylic acids is 1. The highest BCUT2D eigenvalue weighted by Crippen LogP contribution is 2.22. The second kappa shape index (κ2) is 6.77. The Hall–Kier alpha value is -2.27. The highest BCUT2D eigenvalue weighted by Gasteiger charge is 2.04. The van der Waals surface area contributed by atoms with Crippen molar-refractivity contribution in [1.82, 2.24) is 9.99 Å². The molecule has 6 heteroatoms. The number of para-hydroxylation sites is 1. The Morgan fingerprint density at radius 3 is 2.90 bits per heavy atom. The van der Waals surface area contributed by atoms with E-state index in [0.29, 0.717) is 10.8 Å². The van der Waals surface area contributed by atoms with Crippen LogP contribution >= 0.6 is 11.6 Å². The maximum Gasteiger partial charge on any atom is 0.277 e. The number of halogens is 1. The summed E-state index contributed by atoms with van der Waals surface area (Å²) < 4.78 is 7.17. The molecule has 0 atom stereocenters. The molecule has 0 bridgehead atoms. The van der Waals surface area contributed by atoms with Crippen molar-refractivity contribution in [2.45, 2.75) is 0 Å². The number of nitrogens with one attached hydrogen (secondary N) is 1. The van der Waals surface area contributed by atoms with Crippen LogP contribution in [-0.4, -0.2) is 23.3 Å². The largest absolute Gasteiger partial charge is 0.482 e. The predicted octanol–water partition coefficient (Wildman–Crippen LogP) is 2.21. The van der Waals surface area contributed by atoms with Gasteiger partial charge < -0.3 is 9.30 Å². The summed E-state index contributed by atoms with van der Waals surface area (Å²) in [5, 5.41) is 4.32. The first-order valence-corrected chi connectivity index (χ1v) is 6.35. The number of aromatic nitrogens is 1. The lowest BCUT2D eigenvalue weighted by molar-refractivity contribution is -0.123. The van der Waals surface area contributed by atoms with E-state index >= 15 is 0 Å². The summed E-state index contributed by atoms with van der Waals surface area (Å²) >= 11 is 5.91. The number of aryl methyl sites for hydroxylation is 1. The topological polar surface area (TPSA) is 55.6 Å². The lowest BCUT2D eigenvalue weighted by Crippen LogP contribution is -2.24. The number of rotatable bonds is 5. The molecule has 0 aliphatic carbocycles. The first kappa shape index (κ1) is 14.1. The van der Waals surface area contributed by atoms with Gasteiger partial charge in [0.1, 0.15) is 5.75 Å². The molecule has 0 unspecified atom stereocenters. The molecule has 1 heterocycles. The van der Waals surface area contributed by atoms with E-state index in [1.807, 2.05) is 29.9 Å². The van der Waals surface area contributed by atoms with Crippen LogP contribution in [-0.2, 0) is 11.8 Å². The highest BCUT2D eigenvalue weighted by atomic mass is 35.5. The average molecular weight is 292 g/mol. The third-order valence-electron chi connectivity index (χ3n) is 2.57. The molecular weight excluding hydrogens is 278 g/mol. The molecule has 0 saturated heterocycles. The first-order chi connectivity index (χ1) is 9.66. The summed E-state index contributed by atoms with van der Waals surface area (Å²) in [5.74, 6) is 0.117. The molecule has 0 radical (unpaired) electrons. The maximum absolute atomic E-state index is 11.5. The average Bonchev–Trinajstić information content (AvgIpc) is 2.84. The van der Waals surface area contributed by atoms with Crippen molar-refractivity contribution in [3.63, 3.8) is 0 Å². The number of carbonyl (C=O) groups is 1. The minimum atomic E-state index is -0.352. The van der Waals surface area contributed by atoms with Crippen LogP contribution in [0.25, 0.3) is 0 Å². The van der Waals surface area contributed by atoms with Gasteiger partial charge in [-0.15, -0.1) is 0 Å². The van der Waals surface area contributed by atoms with Gasteiger partial charge in [0, 0.05) is 13.2 Å². The van der Waals surface area contributed by atoms with Gasteiger partial charge in [0.25, 0.3) is 5.91 Å². The lowest BCUT2D eigenvalue weighted by atomic mass is 10.3. The van der Waals surface area contributed by atoms with E-state index in [9.17, 15) is 4.79 Å². The summed E-state index contributed by atoms with van der Waals surface area (Å²) in [6.45, 7) is -0.145. The van der Waals surface area contributed by atoms with Gasteiger partial charge in [-0.05, 0) is 24.3 Å². The van der Waals surface area contributed by atoms with Crippen molar-refractivity contribution < 1.29 is 9.53 Å². The number of ether oxygens (including phenoxy) is 1. The van der Waals surface area contributed by atoms with E-state index < -0.39 is 0 Å². The molecule has 1 aromatic carbocycles. The molecule has 1 amide bonds. The van der Waals surface area contributed by atoms with Gasteiger partial charge in [0.15, 0.2) is 6.61 Å². The third kappa shape index (κ3) is 3.86. The fourth-order valence-electron chi connectivity index (χ4n) is 1.52. The first-order valence-electron chi connectivity index (χ1n) is 5.97. The van der Waals surface area contributed by atoms with Gasteiger partial charge >= 0.3 is 0 Å². The Morgan fingerprint density at radius 1 is 1.40 bits per heavy atom. The molecule has 5 nitrogen and oxygen atoms in total. The van der Waals surface area contributed by atoms with Crippen LogP contribution in [0, 0.1) is 0 Å². The Balaban J connectivity index is 1.80. The zero-order valence-corrected chi connectivity index (χ0v) is 11.7. The quantitative estimate of drug-likeness (QED) is 0.678. The van der Waals surface area contributed by atoms with Crippen LogP contribution in [0.1, 0.15) is 5.69 Å². The van der Waals surface area contributed by atoms with Crippen molar-refractivity contribution in [1.29, 1.82) is 0 Å². The third-order valence-corrected chi connectivity index (χ3v) is 2.88. The Kier molecular flexibility index (Phi) is 4.79. The number of benzene rings is 1. The summed E-state index contributed by atoms with van der Waals surface area (Å²) in [5.41, 5.74) is 3.27. The van der Waals surface area contributed by atoms with Gasteiger partial charge in [-0.2, -0.15) is 5.10 Å². The van der Waals surface area contributed by atoms with Gasteiger partial charge in [-0.3, -0.25) is 4.79 Å². The van der Waals surface area contributed by atoms with Crippen LogP contribution in [0.3, 0.4) is 0 Å². The van der Waals surface area contributed by atoms with Crippen molar-refractivity contribution >= 4 is 23.7 Å². The fraction of sp³-hybridized carbons (Fsp3) is 0.143. The second-order valence-corrected chi connectivity index (χ2v) is 4.46. The van der Waals surface area contributed by atoms with Crippen LogP contribution < -0.4 is 10.2 Å². The van der Waals surface area contributed by atoms with Crippen molar-refractivity contribution in [2.75, 3.05) is 6.61 Å². The molecule has 1 N–H and O–H groups in total. The van der Waals surface area contributed by atoms with Gasteiger partial charge in [-0.25, -0.2) is 5.43 Å². The molecule has 0 saturated carbocycles.